The summed E-state index contributed by atoms with van der Waals surface area (Å²) in [7, 11) is 1.23. The van der Waals surface area contributed by atoms with E-state index in [-0.39, 0.29) is 23.5 Å². The number of unbranched alkanes of at least 4 members (excludes halogenated alkanes) is 2. The molecule has 0 radical (unpaired) electrons. The van der Waals surface area contributed by atoms with Crippen LogP contribution in [0.1, 0.15) is 49.3 Å². The number of hydrogen-bond acceptors (Lipinski definition) is 5. The third kappa shape index (κ3) is 9.44. The van der Waals surface area contributed by atoms with Crippen LogP contribution in [-0.4, -0.2) is 33.6 Å². The maximum absolute atomic E-state index is 13.3. The van der Waals surface area contributed by atoms with Crippen molar-refractivity contribution in [3.63, 3.8) is 0 Å². The van der Waals surface area contributed by atoms with Crippen LogP contribution in [-0.2, 0) is 12.4 Å². The molecule has 0 atom stereocenters. The molecule has 13 heteroatoms. The molecule has 0 fully saturated rings. The average molecular weight is 569 g/mol. The highest BCUT2D eigenvalue weighted by Crippen LogP contribution is 2.36. The van der Waals surface area contributed by atoms with Crippen molar-refractivity contribution in [3.8, 4) is 0 Å². The smallest absolute Gasteiger partial charge is 0.270 e. The minimum atomic E-state index is -4.99. The van der Waals surface area contributed by atoms with Gasteiger partial charge in [-0.1, -0.05) is 61.0 Å². The first kappa shape index (κ1) is 30.2. The van der Waals surface area contributed by atoms with Crippen LogP contribution in [0.15, 0.2) is 57.1 Å². The number of aliphatic imine (C=N–C) groups is 2. The lowest BCUT2D eigenvalue weighted by Gasteiger charge is -2.14. The Kier molecular flexibility index (Phi) is 11.3. The summed E-state index contributed by atoms with van der Waals surface area (Å²) in [5.74, 6) is 0.501. The van der Waals surface area contributed by atoms with Gasteiger partial charge in [-0.05, 0) is 24.6 Å². The maximum atomic E-state index is 13.3. The average Bonchev–Trinajstić information content (AvgIpc) is 2.78. The number of thioether (sulfide) groups is 2. The Bertz CT molecular complexity index is 1080. The molecule has 0 bridgehead atoms. The van der Waals surface area contributed by atoms with Crippen LogP contribution in [0.5, 0.6) is 0 Å². The van der Waals surface area contributed by atoms with E-state index < -0.39 is 29.0 Å². The van der Waals surface area contributed by atoms with Gasteiger partial charge in [0, 0.05) is 30.9 Å². The number of amidine groups is 1. The predicted molar refractivity (Wildman–Crippen MR) is 134 cm³/mol. The lowest BCUT2D eigenvalue weighted by atomic mass is 10.0. The Morgan fingerprint density at radius 1 is 1.03 bits per heavy atom. The fourth-order valence-corrected chi connectivity index (χ4v) is 4.90. The van der Waals surface area contributed by atoms with Crippen molar-refractivity contribution < 1.29 is 26.3 Å². The van der Waals surface area contributed by atoms with Gasteiger partial charge in [0.2, 0.25) is 0 Å². The first-order chi connectivity index (χ1) is 16.9. The molecule has 196 valence electrons. The van der Waals surface area contributed by atoms with Gasteiger partial charge in [-0.3, -0.25) is 4.99 Å². The summed E-state index contributed by atoms with van der Waals surface area (Å²) >= 11 is 8.61. The highest BCUT2D eigenvalue weighted by atomic mass is 35.5. The van der Waals surface area contributed by atoms with E-state index in [1.165, 1.54) is 31.0 Å². The molecule has 1 aromatic heterocycles. The molecule has 0 amide bonds. The molecule has 0 aliphatic rings. The molecule has 36 heavy (non-hydrogen) atoms. The number of aromatic nitrogens is 2. The van der Waals surface area contributed by atoms with Gasteiger partial charge in [-0.2, -0.15) is 26.3 Å². The number of rotatable bonds is 9. The summed E-state index contributed by atoms with van der Waals surface area (Å²) in [5, 5.41) is 1.37. The summed E-state index contributed by atoms with van der Waals surface area (Å²) in [5.41, 5.74) is -3.32. The first-order valence-electron chi connectivity index (χ1n) is 10.7. The van der Waals surface area contributed by atoms with E-state index in [9.17, 15) is 26.3 Å². The molecule has 2 aromatic rings. The van der Waals surface area contributed by atoms with Gasteiger partial charge < -0.3 is 0 Å². The second kappa shape index (κ2) is 13.5. The van der Waals surface area contributed by atoms with Crippen molar-refractivity contribution in [2.75, 3.05) is 12.8 Å². The van der Waals surface area contributed by atoms with Crippen molar-refractivity contribution in [1.29, 1.82) is 0 Å². The van der Waals surface area contributed by atoms with Crippen molar-refractivity contribution in [2.24, 2.45) is 9.98 Å². The summed E-state index contributed by atoms with van der Waals surface area (Å²) in [6, 6.07) is 2.73. The molecule has 0 aliphatic heterocycles. The van der Waals surface area contributed by atoms with Crippen molar-refractivity contribution in [2.45, 2.75) is 55.1 Å². The molecule has 0 unspecified atom stereocenters. The molecule has 0 N–H and O–H groups in total. The lowest BCUT2D eigenvalue weighted by molar-refractivity contribution is -0.143. The normalized spacial score (nSPS) is 13.2. The molecule has 0 saturated heterocycles. The van der Waals surface area contributed by atoms with Gasteiger partial charge in [-0.25, -0.2) is 15.0 Å². The van der Waals surface area contributed by atoms with Crippen LogP contribution in [0.3, 0.4) is 0 Å². The number of nitrogens with zero attached hydrogens (tertiary/aromatic N) is 4. The highest BCUT2D eigenvalue weighted by molar-refractivity contribution is 8.14. The SMILES string of the molecule is C=CC/C(=N\C(=N/C)c1cc(C(F)(F)F)cc(C(F)(F)F)c1)Sc1cc(Cl)nc(SCCCCC)n1. The van der Waals surface area contributed by atoms with Crippen LogP contribution in [0.2, 0.25) is 5.15 Å². The van der Waals surface area contributed by atoms with Crippen molar-refractivity contribution in [3.05, 3.63) is 58.8 Å². The zero-order valence-electron chi connectivity index (χ0n) is 19.4. The lowest BCUT2D eigenvalue weighted by Crippen LogP contribution is -2.13. The third-order valence-electron chi connectivity index (χ3n) is 4.46. The number of halogens is 7. The van der Waals surface area contributed by atoms with Gasteiger partial charge in [-0.15, -0.1) is 6.58 Å². The van der Waals surface area contributed by atoms with E-state index in [1.807, 2.05) is 0 Å². The van der Waals surface area contributed by atoms with Crippen molar-refractivity contribution in [1.82, 2.24) is 9.97 Å². The van der Waals surface area contributed by atoms with E-state index in [0.717, 1.165) is 36.8 Å². The standard InChI is InChI=1S/C23H23ClF6N4S2/c1-4-6-7-9-35-21-32-17(24)13-19(34-21)36-18(8-5-2)33-20(31-3)14-10-15(22(25,26)27)12-16(11-14)23(28,29)30/h5,10-13H,2,4,6-9H2,1,3H3/b31-20-,33-18+. The van der Waals surface area contributed by atoms with Gasteiger partial charge in [0.1, 0.15) is 10.2 Å². The number of benzene rings is 1. The van der Waals surface area contributed by atoms with Crippen LogP contribution in [0.25, 0.3) is 0 Å². The van der Waals surface area contributed by atoms with Crippen molar-refractivity contribution >= 4 is 46.0 Å². The summed E-state index contributed by atoms with van der Waals surface area (Å²) < 4.78 is 79.8. The van der Waals surface area contributed by atoms with Crippen LogP contribution >= 0.6 is 35.1 Å². The largest absolute Gasteiger partial charge is 0.416 e. The monoisotopic (exact) mass is 568 g/mol. The molecule has 1 aromatic carbocycles. The first-order valence-corrected chi connectivity index (χ1v) is 12.9. The molecular formula is C23H23ClF6N4S2. The second-order valence-corrected chi connectivity index (χ2v) is 9.85. The Labute approximate surface area is 218 Å². The topological polar surface area (TPSA) is 50.5 Å². The van der Waals surface area contributed by atoms with E-state index in [1.54, 1.807) is 0 Å². The minimum absolute atomic E-state index is 0.0580. The second-order valence-electron chi connectivity index (χ2n) is 7.31. The number of alkyl halides is 6. The Balaban J connectivity index is 2.43. The molecule has 4 nitrogen and oxygen atoms in total. The van der Waals surface area contributed by atoms with Gasteiger partial charge in [0.05, 0.1) is 16.2 Å². The molecule has 0 saturated carbocycles. The Hall–Kier alpha value is -2.05. The summed E-state index contributed by atoms with van der Waals surface area (Å²) in [6.45, 7) is 5.73. The van der Waals surface area contributed by atoms with E-state index in [2.05, 4.69) is 33.5 Å². The zero-order chi connectivity index (χ0) is 26.9. The summed E-state index contributed by atoms with van der Waals surface area (Å²) in [4.78, 5) is 16.7. The molecule has 0 spiro atoms. The Morgan fingerprint density at radius 2 is 1.67 bits per heavy atom. The van der Waals surface area contributed by atoms with Gasteiger partial charge >= 0.3 is 12.4 Å². The molecule has 1 heterocycles. The zero-order valence-corrected chi connectivity index (χ0v) is 21.8. The van der Waals surface area contributed by atoms with Crippen LogP contribution in [0.4, 0.5) is 26.3 Å². The predicted octanol–water partition coefficient (Wildman–Crippen LogP) is 8.59. The van der Waals surface area contributed by atoms with Crippen LogP contribution < -0.4 is 0 Å². The highest BCUT2D eigenvalue weighted by Gasteiger charge is 2.37. The molecule has 0 aliphatic carbocycles. The Morgan fingerprint density at radius 3 is 2.19 bits per heavy atom. The van der Waals surface area contributed by atoms with E-state index >= 15 is 0 Å². The fraction of sp³-hybridized carbons (Fsp3) is 0.391. The van der Waals surface area contributed by atoms with Gasteiger partial charge in [0.25, 0.3) is 0 Å². The fourth-order valence-electron chi connectivity index (χ4n) is 2.81. The van der Waals surface area contributed by atoms with Gasteiger partial charge in [0.15, 0.2) is 11.0 Å². The number of hydrogen-bond donors (Lipinski definition) is 0. The van der Waals surface area contributed by atoms with Crippen LogP contribution in [0, 0.1) is 0 Å². The van der Waals surface area contributed by atoms with E-state index in [4.69, 9.17) is 11.6 Å². The van der Waals surface area contributed by atoms with E-state index in [0.29, 0.717) is 27.4 Å². The minimum Gasteiger partial charge on any atom is -0.270 e. The molecular weight excluding hydrogens is 546 g/mol. The maximum Gasteiger partial charge on any atom is 0.416 e. The number of allylic oxidation sites excluding steroid dienone is 1. The third-order valence-corrected chi connectivity index (χ3v) is 6.50. The molecule has 2 rings (SSSR count). The quantitative estimate of drug-likeness (QED) is 0.0444. The summed E-state index contributed by atoms with van der Waals surface area (Å²) in [6.07, 6.45) is -5.20.